The zero-order valence-electron chi connectivity index (χ0n) is 13.1. The molecule has 0 heterocycles. The molecule has 3 N–H and O–H groups in total. The smallest absolute Gasteiger partial charge is 0.327 e. The van der Waals surface area contributed by atoms with Gasteiger partial charge in [0.05, 0.1) is 5.92 Å². The van der Waals surface area contributed by atoms with Gasteiger partial charge < -0.3 is 5.32 Å². The molecule has 2 rings (SSSR count). The summed E-state index contributed by atoms with van der Waals surface area (Å²) in [7, 11) is 0. The fraction of sp³-hybridized carbons (Fsp3) is 0.438. The molecule has 1 aromatic rings. The second kappa shape index (κ2) is 7.46. The van der Waals surface area contributed by atoms with Crippen LogP contribution in [0.25, 0.3) is 0 Å². The Morgan fingerprint density at radius 2 is 1.65 bits per heavy atom. The molecule has 3 amide bonds. The number of hydrazine groups is 1. The van der Waals surface area contributed by atoms with E-state index >= 15 is 0 Å². The van der Waals surface area contributed by atoms with Crippen molar-refractivity contribution >= 4 is 29.3 Å². The van der Waals surface area contributed by atoms with Crippen molar-refractivity contribution < 1.29 is 14.4 Å². The normalized spacial score (nSPS) is 15.0. The molecular weight excluding hydrogens is 318 g/mol. The zero-order chi connectivity index (χ0) is 17.0. The number of nitrogens with one attached hydrogen (secondary N) is 3. The summed E-state index contributed by atoms with van der Waals surface area (Å²) in [5, 5.41) is 3.14. The fourth-order valence-electron chi connectivity index (χ4n) is 2.24. The van der Waals surface area contributed by atoms with Gasteiger partial charge in [0.2, 0.25) is 5.91 Å². The lowest BCUT2D eigenvalue weighted by molar-refractivity contribution is -0.141. The Hall–Kier alpha value is -2.08. The molecule has 0 saturated heterocycles. The summed E-state index contributed by atoms with van der Waals surface area (Å²) in [5.74, 6) is -2.44. The molecule has 0 aromatic heterocycles. The highest BCUT2D eigenvalue weighted by Gasteiger charge is 2.28. The number of carbonyl (C=O) groups is 3. The third-order valence-electron chi connectivity index (χ3n) is 3.60. The Bertz CT molecular complexity index is 597. The lowest BCUT2D eigenvalue weighted by Crippen LogP contribution is -2.50. The average Bonchev–Trinajstić information content (AvgIpc) is 3.30. The fourth-order valence-corrected chi connectivity index (χ4v) is 2.37. The minimum Gasteiger partial charge on any atom is -0.345 e. The Morgan fingerprint density at radius 1 is 1.04 bits per heavy atom. The molecule has 1 aromatic carbocycles. The highest BCUT2D eigenvalue weighted by Crippen LogP contribution is 2.25. The third-order valence-corrected chi connectivity index (χ3v) is 3.85. The van der Waals surface area contributed by atoms with Crippen LogP contribution in [-0.4, -0.2) is 23.8 Å². The van der Waals surface area contributed by atoms with Gasteiger partial charge in [-0.1, -0.05) is 37.6 Å². The van der Waals surface area contributed by atoms with Crippen molar-refractivity contribution in [3.8, 4) is 0 Å². The van der Waals surface area contributed by atoms with Crippen LogP contribution in [0.3, 0.4) is 0 Å². The quantitative estimate of drug-likeness (QED) is 0.575. The van der Waals surface area contributed by atoms with Crippen LogP contribution < -0.4 is 16.2 Å². The van der Waals surface area contributed by atoms with Crippen LogP contribution in [0.1, 0.15) is 38.2 Å². The Kier molecular flexibility index (Phi) is 5.60. The summed E-state index contributed by atoms with van der Waals surface area (Å²) in [4.78, 5) is 35.5. The molecule has 0 aliphatic heterocycles. The molecular formula is C16H20ClN3O3. The maximum absolute atomic E-state index is 12.3. The van der Waals surface area contributed by atoms with E-state index in [2.05, 4.69) is 16.2 Å². The summed E-state index contributed by atoms with van der Waals surface area (Å²) in [6.07, 6.45) is 1.77. The van der Waals surface area contributed by atoms with E-state index in [1.54, 1.807) is 24.3 Å². The van der Waals surface area contributed by atoms with Crippen LogP contribution in [0.15, 0.2) is 24.3 Å². The third kappa shape index (κ3) is 4.96. The number of amides is 3. The van der Waals surface area contributed by atoms with Gasteiger partial charge in [-0.15, -0.1) is 0 Å². The minimum atomic E-state index is -0.871. The molecule has 1 aliphatic rings. The lowest BCUT2D eigenvalue weighted by Gasteiger charge is -2.21. The van der Waals surface area contributed by atoms with Gasteiger partial charge in [0.1, 0.15) is 0 Å². The van der Waals surface area contributed by atoms with Crippen molar-refractivity contribution in [3.63, 3.8) is 0 Å². The minimum absolute atomic E-state index is 0.00775. The topological polar surface area (TPSA) is 87.3 Å². The Balaban J connectivity index is 1.94. The van der Waals surface area contributed by atoms with Gasteiger partial charge >= 0.3 is 11.8 Å². The molecule has 1 saturated carbocycles. The Labute approximate surface area is 139 Å². The molecule has 1 atom stereocenters. The van der Waals surface area contributed by atoms with E-state index in [1.807, 2.05) is 13.8 Å². The molecule has 124 valence electrons. The summed E-state index contributed by atoms with van der Waals surface area (Å²) < 4.78 is 0. The van der Waals surface area contributed by atoms with Crippen LogP contribution >= 0.6 is 11.6 Å². The summed E-state index contributed by atoms with van der Waals surface area (Å²) in [6, 6.07) is 7.05. The van der Waals surface area contributed by atoms with E-state index in [0.717, 1.165) is 18.4 Å². The first-order valence-electron chi connectivity index (χ1n) is 7.54. The van der Waals surface area contributed by atoms with Gasteiger partial charge in [-0.2, -0.15) is 0 Å². The van der Waals surface area contributed by atoms with Crippen molar-refractivity contribution in [3.05, 3.63) is 34.9 Å². The molecule has 23 heavy (non-hydrogen) atoms. The van der Waals surface area contributed by atoms with Gasteiger partial charge in [0.25, 0.3) is 0 Å². The first kappa shape index (κ1) is 17.3. The van der Waals surface area contributed by atoms with Gasteiger partial charge in [-0.05, 0) is 36.5 Å². The van der Waals surface area contributed by atoms with E-state index in [9.17, 15) is 14.4 Å². The molecule has 6 nitrogen and oxygen atoms in total. The van der Waals surface area contributed by atoms with Crippen LogP contribution in [-0.2, 0) is 14.4 Å². The second-order valence-corrected chi connectivity index (χ2v) is 6.40. The first-order chi connectivity index (χ1) is 10.9. The van der Waals surface area contributed by atoms with Crippen molar-refractivity contribution in [2.45, 2.75) is 38.6 Å². The molecule has 0 bridgehead atoms. The van der Waals surface area contributed by atoms with Gasteiger partial charge in [-0.25, -0.2) is 0 Å². The van der Waals surface area contributed by atoms with Gasteiger partial charge in [0, 0.05) is 11.1 Å². The Morgan fingerprint density at radius 3 is 2.17 bits per heavy atom. The molecule has 0 unspecified atom stereocenters. The number of hydrogen-bond donors (Lipinski definition) is 3. The molecule has 0 spiro atoms. The number of halogens is 1. The lowest BCUT2D eigenvalue weighted by atomic mass is 9.88. The highest BCUT2D eigenvalue weighted by atomic mass is 35.5. The van der Waals surface area contributed by atoms with Crippen molar-refractivity contribution in [2.75, 3.05) is 0 Å². The largest absolute Gasteiger partial charge is 0.345 e. The molecule has 0 radical (unpaired) electrons. The van der Waals surface area contributed by atoms with Crippen molar-refractivity contribution in [1.29, 1.82) is 0 Å². The zero-order valence-corrected chi connectivity index (χ0v) is 13.8. The van der Waals surface area contributed by atoms with Crippen molar-refractivity contribution in [2.24, 2.45) is 5.92 Å². The standard InChI is InChI=1S/C16H20ClN3O3/c1-9(2)13(10-3-5-11(17)6-4-10)14(21)19-20-16(23)15(22)18-12-7-8-12/h3-6,9,12-13H,7-8H2,1-2H3,(H,18,22)(H,19,21)(H,20,23)/t13-/m1/s1. The van der Waals surface area contributed by atoms with E-state index in [4.69, 9.17) is 11.6 Å². The highest BCUT2D eigenvalue weighted by molar-refractivity contribution is 6.35. The number of rotatable bonds is 4. The predicted molar refractivity (Wildman–Crippen MR) is 86.5 cm³/mol. The summed E-state index contributed by atoms with van der Waals surface area (Å²) >= 11 is 5.86. The maximum atomic E-state index is 12.3. The first-order valence-corrected chi connectivity index (χ1v) is 7.92. The van der Waals surface area contributed by atoms with Crippen LogP contribution in [0.4, 0.5) is 0 Å². The maximum Gasteiger partial charge on any atom is 0.327 e. The van der Waals surface area contributed by atoms with Crippen LogP contribution in [0, 0.1) is 5.92 Å². The van der Waals surface area contributed by atoms with Gasteiger partial charge in [0.15, 0.2) is 0 Å². The van der Waals surface area contributed by atoms with Gasteiger partial charge in [-0.3, -0.25) is 25.2 Å². The monoisotopic (exact) mass is 337 g/mol. The number of carbonyl (C=O) groups excluding carboxylic acids is 3. The molecule has 1 aliphatic carbocycles. The number of benzene rings is 1. The van der Waals surface area contributed by atoms with Crippen molar-refractivity contribution in [1.82, 2.24) is 16.2 Å². The van der Waals surface area contributed by atoms with Crippen LogP contribution in [0.2, 0.25) is 5.02 Å². The summed E-state index contributed by atoms with van der Waals surface area (Å²) in [6.45, 7) is 3.81. The van der Waals surface area contributed by atoms with E-state index in [1.165, 1.54) is 0 Å². The van der Waals surface area contributed by atoms with E-state index < -0.39 is 17.7 Å². The average molecular weight is 338 g/mol. The van der Waals surface area contributed by atoms with E-state index in [-0.39, 0.29) is 17.9 Å². The summed E-state index contributed by atoms with van der Waals surface area (Å²) in [5.41, 5.74) is 5.26. The van der Waals surface area contributed by atoms with E-state index in [0.29, 0.717) is 5.02 Å². The van der Waals surface area contributed by atoms with Crippen LogP contribution in [0.5, 0.6) is 0 Å². The predicted octanol–water partition coefficient (Wildman–Crippen LogP) is 1.51. The number of hydrogen-bond acceptors (Lipinski definition) is 3. The molecule has 7 heteroatoms. The SMILES string of the molecule is CC(C)[C@@H](C(=O)NNC(=O)C(=O)NC1CC1)c1ccc(Cl)cc1. The second-order valence-electron chi connectivity index (χ2n) is 5.96. The molecule has 1 fully saturated rings.